The van der Waals surface area contributed by atoms with Gasteiger partial charge in [0.1, 0.15) is 0 Å². The Balaban J connectivity index is 2.12. The van der Waals surface area contributed by atoms with E-state index < -0.39 is 0 Å². The molecule has 3 aromatic rings. The van der Waals surface area contributed by atoms with Gasteiger partial charge in [0.05, 0.1) is 0 Å². The second-order valence-electron chi connectivity index (χ2n) is 4.30. The average molecular weight is 397 g/mol. The van der Waals surface area contributed by atoms with Gasteiger partial charge >= 0.3 is 0 Å². The van der Waals surface area contributed by atoms with Gasteiger partial charge in [-0.2, -0.15) is 0 Å². The highest BCUT2D eigenvalue weighted by atomic mass is 79.9. The van der Waals surface area contributed by atoms with Crippen molar-refractivity contribution in [1.82, 2.24) is 4.98 Å². The molecule has 0 fully saturated rings. The van der Waals surface area contributed by atoms with Gasteiger partial charge in [0.2, 0.25) is 0 Å². The maximum atomic E-state index is 3.60. The van der Waals surface area contributed by atoms with Gasteiger partial charge in [-0.1, -0.05) is 39.8 Å². The van der Waals surface area contributed by atoms with E-state index in [-0.39, 0.29) is 0 Å². The van der Waals surface area contributed by atoms with E-state index >= 15 is 0 Å². The van der Waals surface area contributed by atoms with Crippen LogP contribution in [0.25, 0.3) is 10.9 Å². The van der Waals surface area contributed by atoms with Crippen LogP contribution < -0.4 is 0 Å². The lowest BCUT2D eigenvalue weighted by atomic mass is 10.2. The van der Waals surface area contributed by atoms with Gasteiger partial charge in [0.25, 0.3) is 0 Å². The second kappa shape index (κ2) is 5.35. The third kappa shape index (κ3) is 2.62. The molecule has 0 aliphatic rings. The van der Waals surface area contributed by atoms with Crippen LogP contribution in [0.5, 0.6) is 0 Å². The van der Waals surface area contributed by atoms with Crippen molar-refractivity contribution in [3.8, 4) is 0 Å². The van der Waals surface area contributed by atoms with Crippen LogP contribution in [0.3, 0.4) is 0 Å². The van der Waals surface area contributed by atoms with Gasteiger partial charge in [-0.15, -0.1) is 0 Å². The maximum absolute atomic E-state index is 3.60. The predicted molar refractivity (Wildman–Crippen MR) is 89.0 cm³/mol. The first-order valence-electron chi connectivity index (χ1n) is 5.85. The molecule has 1 aromatic heterocycles. The Morgan fingerprint density at radius 2 is 1.84 bits per heavy atom. The average Bonchev–Trinajstić information content (AvgIpc) is 2.69. The number of H-pyrrole nitrogens is 1. The molecule has 0 radical (unpaired) electrons. The topological polar surface area (TPSA) is 15.8 Å². The lowest BCUT2D eigenvalue weighted by Crippen LogP contribution is -1.77. The highest BCUT2D eigenvalue weighted by molar-refractivity contribution is 9.10. The lowest BCUT2D eigenvalue weighted by molar-refractivity contribution is 1.22. The minimum atomic E-state index is 1.10. The smallest absolute Gasteiger partial charge is 0.0468 e. The van der Waals surface area contributed by atoms with Gasteiger partial charge in [-0.25, -0.2) is 0 Å². The van der Waals surface area contributed by atoms with Gasteiger partial charge < -0.3 is 4.98 Å². The fourth-order valence-electron chi connectivity index (χ4n) is 2.04. The third-order valence-corrected chi connectivity index (χ3v) is 5.69. The van der Waals surface area contributed by atoms with Crippen molar-refractivity contribution in [3.63, 3.8) is 0 Å². The number of hydrogen-bond acceptors (Lipinski definition) is 1. The molecule has 0 saturated carbocycles. The summed E-state index contributed by atoms with van der Waals surface area (Å²) in [5.41, 5.74) is 2.38. The van der Waals surface area contributed by atoms with Crippen LogP contribution in [0.15, 0.2) is 61.2 Å². The molecular weight excluding hydrogens is 386 g/mol. The predicted octanol–water partition coefficient (Wildman–Crippen LogP) is 6.15. The first-order valence-corrected chi connectivity index (χ1v) is 8.25. The highest BCUT2D eigenvalue weighted by Crippen LogP contribution is 2.39. The summed E-state index contributed by atoms with van der Waals surface area (Å²) >= 11 is 8.93. The number of halogens is 2. The van der Waals surface area contributed by atoms with Gasteiger partial charge in [0, 0.05) is 35.3 Å². The SMILES string of the molecule is Cc1[nH]c2ccc(Br)cc2c1Sc1ccccc1Br. The summed E-state index contributed by atoms with van der Waals surface area (Å²) < 4.78 is 2.23. The quantitative estimate of drug-likeness (QED) is 0.548. The minimum absolute atomic E-state index is 1.10. The molecule has 1 N–H and O–H groups in total. The normalized spacial score (nSPS) is 11.1. The lowest BCUT2D eigenvalue weighted by Gasteiger charge is -2.04. The summed E-state index contributed by atoms with van der Waals surface area (Å²) in [6.45, 7) is 2.12. The first-order chi connectivity index (χ1) is 9.15. The van der Waals surface area contributed by atoms with Gasteiger partial charge in [-0.3, -0.25) is 0 Å². The number of aromatic amines is 1. The summed E-state index contributed by atoms with van der Waals surface area (Å²) in [7, 11) is 0. The van der Waals surface area contributed by atoms with Crippen LogP contribution in [0.4, 0.5) is 0 Å². The molecule has 0 spiro atoms. The Bertz CT molecular complexity index is 749. The molecule has 0 amide bonds. The molecule has 19 heavy (non-hydrogen) atoms. The van der Waals surface area contributed by atoms with Crippen LogP contribution >= 0.6 is 43.6 Å². The Morgan fingerprint density at radius 1 is 1.05 bits per heavy atom. The molecule has 0 aliphatic heterocycles. The fraction of sp³-hybridized carbons (Fsp3) is 0.0667. The van der Waals surface area contributed by atoms with Crippen molar-refractivity contribution >= 4 is 54.5 Å². The Kier molecular flexibility index (Phi) is 3.74. The molecule has 0 aliphatic carbocycles. The molecule has 1 heterocycles. The number of hydrogen-bond donors (Lipinski definition) is 1. The minimum Gasteiger partial charge on any atom is -0.358 e. The van der Waals surface area contributed by atoms with Crippen molar-refractivity contribution < 1.29 is 0 Å². The van der Waals surface area contributed by atoms with E-state index in [1.807, 2.05) is 6.07 Å². The molecule has 0 atom stereocenters. The van der Waals surface area contributed by atoms with E-state index in [2.05, 4.69) is 80.2 Å². The monoisotopic (exact) mass is 395 g/mol. The zero-order valence-corrected chi connectivity index (χ0v) is 14.2. The molecule has 0 unspecified atom stereocenters. The van der Waals surface area contributed by atoms with Crippen LogP contribution in [-0.4, -0.2) is 4.98 Å². The molecule has 0 saturated heterocycles. The van der Waals surface area contributed by atoms with Crippen molar-refractivity contribution in [3.05, 3.63) is 57.1 Å². The molecule has 1 nitrogen and oxygen atoms in total. The van der Waals surface area contributed by atoms with Crippen molar-refractivity contribution in [2.24, 2.45) is 0 Å². The summed E-state index contributed by atoms with van der Waals surface area (Å²) in [6, 6.07) is 14.6. The van der Waals surface area contributed by atoms with E-state index in [0.29, 0.717) is 0 Å². The highest BCUT2D eigenvalue weighted by Gasteiger charge is 2.11. The van der Waals surface area contributed by atoms with Gasteiger partial charge in [-0.05, 0) is 53.2 Å². The Labute approximate surface area is 133 Å². The largest absolute Gasteiger partial charge is 0.358 e. The molecular formula is C15H11Br2NS. The number of nitrogens with one attached hydrogen (secondary N) is 1. The van der Waals surface area contributed by atoms with Crippen LogP contribution in [0.2, 0.25) is 0 Å². The summed E-state index contributed by atoms with van der Waals surface area (Å²) in [5, 5.41) is 1.26. The van der Waals surface area contributed by atoms with Crippen molar-refractivity contribution in [2.45, 2.75) is 16.7 Å². The third-order valence-electron chi connectivity index (χ3n) is 2.94. The molecule has 0 bridgehead atoms. The number of aryl methyl sites for hydroxylation is 1. The maximum Gasteiger partial charge on any atom is 0.0468 e. The molecule has 96 valence electrons. The van der Waals surface area contributed by atoms with Crippen LogP contribution in [0, 0.1) is 6.92 Å². The van der Waals surface area contributed by atoms with E-state index in [1.54, 1.807) is 11.8 Å². The van der Waals surface area contributed by atoms with Crippen LogP contribution in [0.1, 0.15) is 5.69 Å². The zero-order chi connectivity index (χ0) is 13.4. The standard InChI is InChI=1S/C15H11Br2NS/c1-9-15(19-14-5-3-2-4-12(14)17)11-8-10(16)6-7-13(11)18-9/h2-8,18H,1H3. The second-order valence-corrected chi connectivity index (χ2v) is 7.12. The van der Waals surface area contributed by atoms with Crippen molar-refractivity contribution in [1.29, 1.82) is 0 Å². The zero-order valence-electron chi connectivity index (χ0n) is 10.2. The summed E-state index contributed by atoms with van der Waals surface area (Å²) in [4.78, 5) is 5.95. The number of rotatable bonds is 2. The molecule has 2 aromatic carbocycles. The van der Waals surface area contributed by atoms with Gasteiger partial charge in [0.15, 0.2) is 0 Å². The Hall–Kier alpha value is -0.710. The van der Waals surface area contributed by atoms with E-state index in [1.165, 1.54) is 26.4 Å². The fourth-order valence-corrected chi connectivity index (χ4v) is 3.95. The van der Waals surface area contributed by atoms with Crippen LogP contribution in [-0.2, 0) is 0 Å². The Morgan fingerprint density at radius 3 is 2.63 bits per heavy atom. The molecule has 3 rings (SSSR count). The first kappa shape index (κ1) is 13.3. The van der Waals surface area contributed by atoms with E-state index in [9.17, 15) is 0 Å². The molecule has 4 heteroatoms. The number of benzene rings is 2. The summed E-state index contributed by atoms with van der Waals surface area (Å²) in [5.74, 6) is 0. The van der Waals surface area contributed by atoms with E-state index in [4.69, 9.17) is 0 Å². The van der Waals surface area contributed by atoms with Crippen molar-refractivity contribution in [2.75, 3.05) is 0 Å². The summed E-state index contributed by atoms with van der Waals surface area (Å²) in [6.07, 6.45) is 0. The number of aromatic nitrogens is 1. The van der Waals surface area contributed by atoms with E-state index in [0.717, 1.165) is 8.95 Å². The number of fused-ring (bicyclic) bond motifs is 1.